The minimum Gasteiger partial charge on any atom is -0.497 e. The number of nitrogens with one attached hydrogen (secondary N) is 1. The van der Waals surface area contributed by atoms with Crippen LogP contribution in [0.4, 0.5) is 5.69 Å². The molecule has 0 unspecified atom stereocenters. The van der Waals surface area contributed by atoms with Crippen molar-refractivity contribution < 1.29 is 24.0 Å². The normalized spacial score (nSPS) is 20.7. The number of benzene rings is 2. The number of ether oxygens (including phenoxy) is 2. The zero-order valence-corrected chi connectivity index (χ0v) is 17.2. The second-order valence-electron chi connectivity index (χ2n) is 7.68. The number of nitro groups is 1. The molecule has 160 valence electrons. The van der Waals surface area contributed by atoms with Crippen LogP contribution >= 0.6 is 0 Å². The summed E-state index contributed by atoms with van der Waals surface area (Å²) in [6, 6.07) is 11.5. The maximum Gasteiger partial charge on any atom is 0.269 e. The third-order valence-electron chi connectivity index (χ3n) is 5.92. The number of carbonyl (C=O) groups is 2. The van der Waals surface area contributed by atoms with Crippen LogP contribution in [0.15, 0.2) is 53.7 Å². The van der Waals surface area contributed by atoms with E-state index < -0.39 is 10.8 Å². The molecule has 1 aliphatic heterocycles. The number of hydrogen-bond acceptors (Lipinski definition) is 6. The summed E-state index contributed by atoms with van der Waals surface area (Å²) in [4.78, 5) is 36.2. The number of nitro benzene ring substituents is 1. The van der Waals surface area contributed by atoms with Gasteiger partial charge in [-0.1, -0.05) is 12.1 Å². The van der Waals surface area contributed by atoms with Crippen LogP contribution in [0.2, 0.25) is 0 Å². The molecule has 1 amide bonds. The first-order valence-electron chi connectivity index (χ1n) is 9.93. The van der Waals surface area contributed by atoms with Gasteiger partial charge >= 0.3 is 0 Å². The molecule has 8 heteroatoms. The van der Waals surface area contributed by atoms with Crippen LogP contribution in [-0.4, -0.2) is 30.8 Å². The Hall–Kier alpha value is -3.68. The Morgan fingerprint density at radius 1 is 1.00 bits per heavy atom. The molecule has 0 bridgehead atoms. The largest absolute Gasteiger partial charge is 0.497 e. The number of non-ortho nitro benzene ring substituents is 1. The third-order valence-corrected chi connectivity index (χ3v) is 5.92. The summed E-state index contributed by atoms with van der Waals surface area (Å²) in [5.74, 6) is 0.543. The molecular formula is C23H22N2O6. The molecule has 0 aromatic heterocycles. The average molecular weight is 422 g/mol. The van der Waals surface area contributed by atoms with Crippen LogP contribution in [-0.2, 0) is 9.59 Å². The summed E-state index contributed by atoms with van der Waals surface area (Å²) in [5.41, 5.74) is 2.75. The highest BCUT2D eigenvalue weighted by atomic mass is 16.6. The second kappa shape index (κ2) is 8.22. The van der Waals surface area contributed by atoms with Gasteiger partial charge in [-0.2, -0.15) is 0 Å². The van der Waals surface area contributed by atoms with Crippen molar-refractivity contribution in [2.75, 3.05) is 14.2 Å². The fraction of sp³-hybridized carbons (Fsp3) is 0.304. The Bertz CT molecular complexity index is 1090. The number of hydrogen-bond donors (Lipinski definition) is 1. The molecule has 0 saturated heterocycles. The fourth-order valence-electron chi connectivity index (χ4n) is 4.45. The van der Waals surface area contributed by atoms with Crippen molar-refractivity contribution in [3.05, 3.63) is 75.0 Å². The van der Waals surface area contributed by atoms with Crippen molar-refractivity contribution in [3.63, 3.8) is 0 Å². The third kappa shape index (κ3) is 3.88. The summed E-state index contributed by atoms with van der Waals surface area (Å²) in [5, 5.41) is 13.8. The van der Waals surface area contributed by atoms with Crippen LogP contribution in [0.1, 0.15) is 42.2 Å². The number of ketones is 1. The monoisotopic (exact) mass is 422 g/mol. The lowest BCUT2D eigenvalue weighted by Gasteiger charge is -2.34. The van der Waals surface area contributed by atoms with Crippen LogP contribution < -0.4 is 14.8 Å². The van der Waals surface area contributed by atoms with Crippen LogP contribution in [0, 0.1) is 10.1 Å². The molecule has 2 aromatic carbocycles. The molecule has 2 aliphatic rings. The molecule has 8 nitrogen and oxygen atoms in total. The van der Waals surface area contributed by atoms with Crippen molar-refractivity contribution in [2.24, 2.45) is 0 Å². The Kier molecular flexibility index (Phi) is 5.46. The number of allylic oxidation sites excluding steroid dienone is 2. The van der Waals surface area contributed by atoms with Crippen molar-refractivity contribution in [3.8, 4) is 11.5 Å². The number of methoxy groups -OCH3 is 2. The van der Waals surface area contributed by atoms with Crippen molar-refractivity contribution >= 4 is 17.4 Å². The molecule has 1 aliphatic carbocycles. The van der Waals surface area contributed by atoms with Gasteiger partial charge in [0.25, 0.3) is 5.69 Å². The Balaban J connectivity index is 1.71. The molecular weight excluding hydrogens is 400 g/mol. The minimum absolute atomic E-state index is 0.0293. The van der Waals surface area contributed by atoms with Gasteiger partial charge in [-0.25, -0.2) is 0 Å². The molecule has 0 fully saturated rings. The van der Waals surface area contributed by atoms with E-state index in [-0.39, 0.29) is 36.1 Å². The summed E-state index contributed by atoms with van der Waals surface area (Å²) in [7, 11) is 3.15. The summed E-state index contributed by atoms with van der Waals surface area (Å²) in [6.45, 7) is 0. The predicted octanol–water partition coefficient (Wildman–Crippen LogP) is 3.62. The van der Waals surface area contributed by atoms with Gasteiger partial charge in [-0.15, -0.1) is 0 Å². The van der Waals surface area contributed by atoms with Crippen LogP contribution in [0.3, 0.4) is 0 Å². The minimum atomic E-state index is -0.472. The molecule has 0 saturated carbocycles. The lowest BCUT2D eigenvalue weighted by Crippen LogP contribution is -2.38. The highest BCUT2D eigenvalue weighted by Crippen LogP contribution is 2.45. The Labute approximate surface area is 179 Å². The molecule has 0 radical (unpaired) electrons. The van der Waals surface area contributed by atoms with Crippen molar-refractivity contribution in [2.45, 2.75) is 31.1 Å². The molecule has 2 aromatic rings. The molecule has 4 rings (SSSR count). The lowest BCUT2D eigenvalue weighted by molar-refractivity contribution is -0.384. The van der Waals surface area contributed by atoms with E-state index in [1.54, 1.807) is 32.4 Å². The van der Waals surface area contributed by atoms with E-state index in [9.17, 15) is 19.7 Å². The van der Waals surface area contributed by atoms with Crippen LogP contribution in [0.25, 0.3) is 0 Å². The predicted molar refractivity (Wildman–Crippen MR) is 112 cm³/mol. The molecule has 1 N–H and O–H groups in total. The zero-order valence-electron chi connectivity index (χ0n) is 17.2. The van der Waals surface area contributed by atoms with Gasteiger partial charge in [0.2, 0.25) is 5.91 Å². The van der Waals surface area contributed by atoms with Gasteiger partial charge < -0.3 is 14.8 Å². The molecule has 1 heterocycles. The average Bonchev–Trinajstić information content (AvgIpc) is 2.77. The summed E-state index contributed by atoms with van der Waals surface area (Å²) >= 11 is 0. The maximum atomic E-state index is 13.2. The van der Waals surface area contributed by atoms with E-state index in [4.69, 9.17) is 9.47 Å². The Morgan fingerprint density at radius 2 is 1.74 bits per heavy atom. The first kappa shape index (κ1) is 20.6. The number of nitrogens with zero attached hydrogens (tertiary/aromatic N) is 1. The second-order valence-corrected chi connectivity index (χ2v) is 7.68. The van der Waals surface area contributed by atoms with Crippen molar-refractivity contribution in [1.29, 1.82) is 0 Å². The van der Waals surface area contributed by atoms with E-state index >= 15 is 0 Å². The van der Waals surface area contributed by atoms with E-state index in [2.05, 4.69) is 5.32 Å². The van der Waals surface area contributed by atoms with Gasteiger partial charge in [-0.05, 0) is 30.2 Å². The highest BCUT2D eigenvalue weighted by Gasteiger charge is 2.39. The maximum absolute atomic E-state index is 13.2. The summed E-state index contributed by atoms with van der Waals surface area (Å²) in [6.07, 6.45) is 0.900. The standard InChI is InChI=1S/C23H22N2O6/c1-30-16-7-8-21(31-2)17(11-16)14-9-19-23(20(26)10-14)18(12-22(27)24-19)13-3-5-15(6-4-13)25(28)29/h3-8,11,14,18H,9-10,12H2,1-2H3,(H,24,27)/t14-,18+/m1/s1. The highest BCUT2D eigenvalue weighted by molar-refractivity contribution is 6.02. The number of amides is 1. The summed E-state index contributed by atoms with van der Waals surface area (Å²) < 4.78 is 10.8. The van der Waals surface area contributed by atoms with E-state index in [0.717, 1.165) is 11.1 Å². The molecule has 31 heavy (non-hydrogen) atoms. The van der Waals surface area contributed by atoms with E-state index in [1.165, 1.54) is 12.1 Å². The number of Topliss-reactive ketones (excluding diaryl/α,β-unsaturated/α-hetero) is 1. The zero-order chi connectivity index (χ0) is 22.1. The first-order chi connectivity index (χ1) is 14.9. The molecule has 2 atom stereocenters. The first-order valence-corrected chi connectivity index (χ1v) is 9.93. The lowest BCUT2D eigenvalue weighted by atomic mass is 9.73. The van der Waals surface area contributed by atoms with E-state index in [1.807, 2.05) is 12.1 Å². The van der Waals surface area contributed by atoms with Crippen LogP contribution in [0.5, 0.6) is 11.5 Å². The van der Waals surface area contributed by atoms with E-state index in [0.29, 0.717) is 29.2 Å². The van der Waals surface area contributed by atoms with Gasteiger partial charge in [0.15, 0.2) is 5.78 Å². The fourth-order valence-corrected chi connectivity index (χ4v) is 4.45. The molecule has 0 spiro atoms. The SMILES string of the molecule is COc1ccc(OC)c([C@H]2CC(=O)C3=C(C2)NC(=O)C[C@H]3c2ccc([N+](=O)[O-])cc2)c1. The van der Waals surface area contributed by atoms with Gasteiger partial charge in [0.05, 0.1) is 19.1 Å². The topological polar surface area (TPSA) is 108 Å². The Morgan fingerprint density at radius 3 is 2.39 bits per heavy atom. The van der Waals surface area contributed by atoms with Crippen molar-refractivity contribution in [1.82, 2.24) is 5.32 Å². The van der Waals surface area contributed by atoms with Gasteiger partial charge in [-0.3, -0.25) is 19.7 Å². The van der Waals surface area contributed by atoms with Gasteiger partial charge in [0, 0.05) is 53.6 Å². The number of carbonyl (C=O) groups excluding carboxylic acids is 2. The number of rotatable bonds is 5. The van der Waals surface area contributed by atoms with Gasteiger partial charge in [0.1, 0.15) is 11.5 Å². The quantitative estimate of drug-likeness (QED) is 0.582. The smallest absolute Gasteiger partial charge is 0.269 e.